The molecule has 0 aliphatic heterocycles. The van der Waals surface area contributed by atoms with Crippen LogP contribution in [0.1, 0.15) is 39.0 Å². The van der Waals surface area contributed by atoms with Crippen LogP contribution in [0.5, 0.6) is 0 Å². The molecule has 2 aromatic rings. The van der Waals surface area contributed by atoms with Crippen molar-refractivity contribution in [2.24, 2.45) is 0 Å². The fourth-order valence-corrected chi connectivity index (χ4v) is 3.89. The first kappa shape index (κ1) is 18.9. The minimum atomic E-state index is -0.460. The number of aromatic nitrogens is 1. The number of thioether (sulfide) groups is 1. The Kier molecular flexibility index (Phi) is 6.01. The highest BCUT2D eigenvalue weighted by Gasteiger charge is 2.26. The van der Waals surface area contributed by atoms with Gasteiger partial charge in [0, 0.05) is 15.6 Å². The highest BCUT2D eigenvalue weighted by molar-refractivity contribution is 8.00. The first-order chi connectivity index (χ1) is 11.3. The normalized spacial score (nSPS) is 12.1. The fourth-order valence-electron chi connectivity index (χ4n) is 2.42. The van der Waals surface area contributed by atoms with E-state index < -0.39 is 11.2 Å². The van der Waals surface area contributed by atoms with E-state index in [2.05, 4.69) is 4.98 Å². The summed E-state index contributed by atoms with van der Waals surface area (Å²) in [7, 11) is 1.31. The number of nitrogens with one attached hydrogen (secondary N) is 1. The van der Waals surface area contributed by atoms with Gasteiger partial charge in [0.05, 0.1) is 28.6 Å². The van der Waals surface area contributed by atoms with Gasteiger partial charge in [-0.25, -0.2) is 4.79 Å². The van der Waals surface area contributed by atoms with Gasteiger partial charge in [0.1, 0.15) is 0 Å². The molecular formula is C17H17Cl2NO3S. The number of methoxy groups -OCH3 is 1. The molecule has 0 saturated heterocycles. The maximum atomic E-state index is 12.8. The van der Waals surface area contributed by atoms with Crippen LogP contribution in [-0.2, 0) is 4.74 Å². The second-order valence-corrected chi connectivity index (χ2v) is 7.54. The Hall–Kier alpha value is -1.43. The monoisotopic (exact) mass is 385 g/mol. The van der Waals surface area contributed by atoms with Gasteiger partial charge in [0.15, 0.2) is 5.78 Å². The van der Waals surface area contributed by atoms with Crippen LogP contribution in [0.2, 0.25) is 10.0 Å². The topological polar surface area (TPSA) is 59.2 Å². The number of hydrogen-bond acceptors (Lipinski definition) is 4. The quantitative estimate of drug-likeness (QED) is 0.442. The summed E-state index contributed by atoms with van der Waals surface area (Å²) >= 11 is 13.5. The molecule has 0 aliphatic carbocycles. The van der Waals surface area contributed by atoms with Gasteiger partial charge in [-0.1, -0.05) is 23.2 Å². The van der Waals surface area contributed by atoms with Gasteiger partial charge >= 0.3 is 5.97 Å². The molecule has 0 saturated carbocycles. The number of carbonyl (C=O) groups excluding carboxylic acids is 2. The van der Waals surface area contributed by atoms with E-state index in [-0.39, 0.29) is 5.78 Å². The van der Waals surface area contributed by atoms with Crippen LogP contribution in [-0.4, -0.2) is 29.1 Å². The van der Waals surface area contributed by atoms with E-state index in [0.717, 1.165) is 4.90 Å². The van der Waals surface area contributed by atoms with Gasteiger partial charge in [0.2, 0.25) is 0 Å². The number of hydrogen-bond donors (Lipinski definition) is 1. The maximum absolute atomic E-state index is 12.8. The first-order valence-corrected chi connectivity index (χ1v) is 8.83. The van der Waals surface area contributed by atoms with E-state index >= 15 is 0 Å². The zero-order valence-corrected chi connectivity index (χ0v) is 16.0. The molecule has 24 heavy (non-hydrogen) atoms. The van der Waals surface area contributed by atoms with Crippen LogP contribution >= 0.6 is 35.0 Å². The van der Waals surface area contributed by atoms with E-state index in [9.17, 15) is 9.59 Å². The van der Waals surface area contributed by atoms with Gasteiger partial charge in [-0.2, -0.15) is 0 Å². The summed E-state index contributed by atoms with van der Waals surface area (Å²) in [5.41, 5.74) is 2.01. The van der Waals surface area contributed by atoms with Crippen molar-refractivity contribution in [1.82, 2.24) is 4.98 Å². The molecule has 1 aromatic heterocycles. The van der Waals surface area contributed by atoms with Crippen LogP contribution in [0.3, 0.4) is 0 Å². The van der Waals surface area contributed by atoms with Gasteiger partial charge in [-0.3, -0.25) is 4.79 Å². The molecule has 2 rings (SSSR count). The average molecular weight is 386 g/mol. The van der Waals surface area contributed by atoms with Crippen molar-refractivity contribution in [1.29, 1.82) is 0 Å². The molecule has 0 fully saturated rings. The molecule has 0 aliphatic rings. The van der Waals surface area contributed by atoms with Crippen LogP contribution in [0.4, 0.5) is 0 Å². The van der Waals surface area contributed by atoms with E-state index in [0.29, 0.717) is 32.6 Å². The summed E-state index contributed by atoms with van der Waals surface area (Å²) in [6.45, 7) is 5.26. The SMILES string of the molecule is COC(=O)c1c(C)[nH]c(C(=O)C(C)Sc2cc(Cl)ccc2Cl)c1C. The molecule has 128 valence electrons. The number of aryl methyl sites for hydroxylation is 1. The third-order valence-corrected chi connectivity index (χ3v) is 5.48. The number of ether oxygens (including phenoxy) is 1. The van der Waals surface area contributed by atoms with Gasteiger partial charge in [-0.05, 0) is 44.5 Å². The van der Waals surface area contributed by atoms with Crippen molar-refractivity contribution < 1.29 is 14.3 Å². The Balaban J connectivity index is 2.28. The lowest BCUT2D eigenvalue weighted by molar-refractivity contribution is 0.0599. The minimum absolute atomic E-state index is 0.119. The summed E-state index contributed by atoms with van der Waals surface area (Å²) in [5, 5.41) is 0.698. The number of esters is 1. The van der Waals surface area contributed by atoms with Crippen molar-refractivity contribution in [2.45, 2.75) is 30.9 Å². The zero-order chi connectivity index (χ0) is 18.0. The molecule has 0 radical (unpaired) electrons. The Labute approximate surface area is 154 Å². The standard InChI is InChI=1S/C17H17Cl2NO3S/c1-8-14(17(22)23-4)9(2)20-15(8)16(21)10(3)24-13-7-11(18)5-6-12(13)19/h5-7,10,20H,1-4H3. The Morgan fingerprint density at radius 3 is 2.54 bits per heavy atom. The zero-order valence-electron chi connectivity index (χ0n) is 13.7. The average Bonchev–Trinajstić information content (AvgIpc) is 2.84. The van der Waals surface area contributed by atoms with Crippen molar-refractivity contribution >= 4 is 46.7 Å². The number of ketones is 1. The van der Waals surface area contributed by atoms with E-state index in [1.165, 1.54) is 18.9 Å². The number of benzene rings is 1. The van der Waals surface area contributed by atoms with Crippen LogP contribution in [0.15, 0.2) is 23.1 Å². The molecule has 1 N–H and O–H groups in total. The van der Waals surface area contributed by atoms with Crippen LogP contribution < -0.4 is 0 Å². The van der Waals surface area contributed by atoms with E-state index in [1.807, 2.05) is 0 Å². The summed E-state index contributed by atoms with van der Waals surface area (Å²) < 4.78 is 4.77. The maximum Gasteiger partial charge on any atom is 0.339 e. The number of Topliss-reactive ketones (excluding diaryl/α,β-unsaturated/α-hetero) is 1. The van der Waals surface area contributed by atoms with Crippen LogP contribution in [0, 0.1) is 13.8 Å². The van der Waals surface area contributed by atoms with Crippen LogP contribution in [0.25, 0.3) is 0 Å². The molecular weight excluding hydrogens is 369 g/mol. The number of H-pyrrole nitrogens is 1. The van der Waals surface area contributed by atoms with Crippen molar-refractivity contribution in [3.8, 4) is 0 Å². The third-order valence-electron chi connectivity index (χ3n) is 3.64. The predicted octanol–water partition coefficient (Wildman–Crippen LogP) is 5.09. The largest absolute Gasteiger partial charge is 0.465 e. The predicted molar refractivity (Wildman–Crippen MR) is 97.7 cm³/mol. The van der Waals surface area contributed by atoms with Gasteiger partial charge in [0.25, 0.3) is 0 Å². The molecule has 7 heteroatoms. The number of halogens is 2. The summed E-state index contributed by atoms with van der Waals surface area (Å²) in [6.07, 6.45) is 0. The van der Waals surface area contributed by atoms with Gasteiger partial charge in [-0.15, -0.1) is 11.8 Å². The highest BCUT2D eigenvalue weighted by atomic mass is 35.5. The molecule has 0 amide bonds. The van der Waals surface area contributed by atoms with E-state index in [1.54, 1.807) is 39.0 Å². The molecule has 1 unspecified atom stereocenters. The molecule has 0 spiro atoms. The lowest BCUT2D eigenvalue weighted by Crippen LogP contribution is -2.15. The molecule has 1 heterocycles. The Morgan fingerprint density at radius 1 is 1.25 bits per heavy atom. The van der Waals surface area contributed by atoms with Crippen molar-refractivity contribution in [3.05, 3.63) is 50.8 Å². The first-order valence-electron chi connectivity index (χ1n) is 7.19. The summed E-state index contributed by atoms with van der Waals surface area (Å²) in [4.78, 5) is 28.3. The second-order valence-electron chi connectivity index (χ2n) is 5.32. The van der Waals surface area contributed by atoms with Crippen molar-refractivity contribution in [3.63, 3.8) is 0 Å². The number of carbonyl (C=O) groups is 2. The Morgan fingerprint density at radius 2 is 1.92 bits per heavy atom. The fraction of sp³-hybridized carbons (Fsp3) is 0.294. The minimum Gasteiger partial charge on any atom is -0.465 e. The second kappa shape index (κ2) is 7.64. The number of rotatable bonds is 5. The number of aromatic amines is 1. The van der Waals surface area contributed by atoms with Crippen molar-refractivity contribution in [2.75, 3.05) is 7.11 Å². The highest BCUT2D eigenvalue weighted by Crippen LogP contribution is 2.34. The molecule has 4 nitrogen and oxygen atoms in total. The third kappa shape index (κ3) is 3.79. The lowest BCUT2D eigenvalue weighted by atomic mass is 10.1. The molecule has 1 aromatic carbocycles. The molecule has 1 atom stereocenters. The smallest absolute Gasteiger partial charge is 0.339 e. The summed E-state index contributed by atoms with van der Waals surface area (Å²) in [6, 6.07) is 5.12. The molecule has 0 bridgehead atoms. The van der Waals surface area contributed by atoms with E-state index in [4.69, 9.17) is 27.9 Å². The summed E-state index contributed by atoms with van der Waals surface area (Å²) in [5.74, 6) is -0.578. The lowest BCUT2D eigenvalue weighted by Gasteiger charge is -2.11. The Bertz CT molecular complexity index is 801. The van der Waals surface area contributed by atoms with Gasteiger partial charge < -0.3 is 9.72 Å².